The normalized spacial score (nSPS) is 11.0. The fraction of sp³-hybridized carbons (Fsp3) is 0.0556. The van der Waals surface area contributed by atoms with Gasteiger partial charge in [0.05, 0.1) is 0 Å². The highest BCUT2D eigenvalue weighted by molar-refractivity contribution is 7.17. The Kier molecular flexibility index (Phi) is 4.06. The summed E-state index contributed by atoms with van der Waals surface area (Å²) in [4.78, 5) is 28.6. The standard InChI is InChI=1S/C18H12N2O4S2/c1-9-7-25-16(19-9)11-8-26-17(14(11)18(22)23)20-15(21)13-6-10-4-2-3-5-12(10)24-13/h2-8H,1H3,(H,20,21)(H,22,23). The Morgan fingerprint density at radius 2 is 2.00 bits per heavy atom. The smallest absolute Gasteiger partial charge is 0.339 e. The topological polar surface area (TPSA) is 92.4 Å². The monoisotopic (exact) mass is 384 g/mol. The molecular weight excluding hydrogens is 372 g/mol. The number of aryl methyl sites for hydroxylation is 1. The van der Waals surface area contributed by atoms with E-state index < -0.39 is 11.9 Å². The molecule has 2 N–H and O–H groups in total. The number of hydrogen-bond acceptors (Lipinski definition) is 6. The van der Waals surface area contributed by atoms with E-state index >= 15 is 0 Å². The maximum atomic E-state index is 12.5. The number of furan rings is 1. The number of carbonyl (C=O) groups is 2. The van der Waals surface area contributed by atoms with E-state index in [1.54, 1.807) is 17.5 Å². The van der Waals surface area contributed by atoms with Gasteiger partial charge < -0.3 is 14.8 Å². The molecule has 26 heavy (non-hydrogen) atoms. The molecule has 0 aliphatic heterocycles. The number of thiophene rings is 1. The van der Waals surface area contributed by atoms with E-state index in [1.165, 1.54) is 11.3 Å². The second-order valence-corrected chi connectivity index (χ2v) is 7.29. The largest absolute Gasteiger partial charge is 0.478 e. The molecule has 0 aliphatic rings. The van der Waals surface area contributed by atoms with Crippen LogP contribution in [0.3, 0.4) is 0 Å². The van der Waals surface area contributed by atoms with E-state index in [-0.39, 0.29) is 16.3 Å². The number of amides is 1. The number of anilines is 1. The number of rotatable bonds is 4. The molecule has 1 aromatic carbocycles. The number of nitrogens with one attached hydrogen (secondary N) is 1. The Hall–Kier alpha value is -2.97. The highest BCUT2D eigenvalue weighted by atomic mass is 32.1. The molecule has 0 bridgehead atoms. The summed E-state index contributed by atoms with van der Waals surface area (Å²) >= 11 is 2.52. The molecule has 6 nitrogen and oxygen atoms in total. The molecule has 0 saturated heterocycles. The van der Waals surface area contributed by atoms with Crippen molar-refractivity contribution in [3.63, 3.8) is 0 Å². The molecule has 130 valence electrons. The summed E-state index contributed by atoms with van der Waals surface area (Å²) in [5, 5.41) is 17.5. The lowest BCUT2D eigenvalue weighted by Gasteiger charge is -2.03. The molecule has 4 rings (SSSR count). The lowest BCUT2D eigenvalue weighted by molar-refractivity contribution is 0.0699. The van der Waals surface area contributed by atoms with Crippen LogP contribution in [0.1, 0.15) is 26.6 Å². The number of carbonyl (C=O) groups excluding carboxylic acids is 1. The van der Waals surface area contributed by atoms with Crippen LogP contribution in [0.15, 0.2) is 45.5 Å². The Labute approximate surface area is 155 Å². The summed E-state index contributed by atoms with van der Waals surface area (Å²) < 4.78 is 5.53. The number of para-hydroxylation sites is 1. The van der Waals surface area contributed by atoms with Gasteiger partial charge in [0.2, 0.25) is 0 Å². The van der Waals surface area contributed by atoms with Crippen molar-refractivity contribution >= 4 is 50.5 Å². The predicted molar refractivity (Wildman–Crippen MR) is 101 cm³/mol. The number of hydrogen-bond donors (Lipinski definition) is 2. The van der Waals surface area contributed by atoms with Gasteiger partial charge in [-0.1, -0.05) is 18.2 Å². The summed E-state index contributed by atoms with van der Waals surface area (Å²) in [5.41, 5.74) is 1.95. The molecule has 1 amide bonds. The van der Waals surface area contributed by atoms with E-state index in [0.717, 1.165) is 22.4 Å². The van der Waals surface area contributed by atoms with Gasteiger partial charge in [0.25, 0.3) is 5.91 Å². The first-order valence-electron chi connectivity index (χ1n) is 7.60. The summed E-state index contributed by atoms with van der Waals surface area (Å²) in [7, 11) is 0. The van der Waals surface area contributed by atoms with Crippen molar-refractivity contribution in [3.8, 4) is 10.6 Å². The van der Waals surface area contributed by atoms with Gasteiger partial charge in [0.1, 0.15) is 21.2 Å². The fourth-order valence-electron chi connectivity index (χ4n) is 2.56. The van der Waals surface area contributed by atoms with E-state index in [0.29, 0.717) is 16.2 Å². The third-order valence-electron chi connectivity index (χ3n) is 3.73. The number of fused-ring (bicyclic) bond motifs is 1. The number of thiazole rings is 1. The van der Waals surface area contributed by atoms with Gasteiger partial charge >= 0.3 is 5.97 Å². The Balaban J connectivity index is 1.68. The van der Waals surface area contributed by atoms with Crippen molar-refractivity contribution in [2.24, 2.45) is 0 Å². The molecule has 0 saturated carbocycles. The van der Waals surface area contributed by atoms with Gasteiger partial charge in [-0.25, -0.2) is 9.78 Å². The lowest BCUT2D eigenvalue weighted by atomic mass is 10.2. The van der Waals surface area contributed by atoms with Crippen LogP contribution < -0.4 is 5.32 Å². The molecule has 0 spiro atoms. The summed E-state index contributed by atoms with van der Waals surface area (Å²) in [5.74, 6) is -1.48. The van der Waals surface area contributed by atoms with Crippen LogP contribution in [0.25, 0.3) is 21.5 Å². The zero-order valence-corrected chi connectivity index (χ0v) is 15.1. The van der Waals surface area contributed by atoms with Gasteiger partial charge in [-0.05, 0) is 19.1 Å². The van der Waals surface area contributed by atoms with Crippen molar-refractivity contribution in [1.29, 1.82) is 0 Å². The van der Waals surface area contributed by atoms with E-state index in [2.05, 4.69) is 10.3 Å². The third-order valence-corrected chi connectivity index (χ3v) is 5.62. The van der Waals surface area contributed by atoms with Gasteiger partial charge in [0.15, 0.2) is 5.76 Å². The first kappa shape index (κ1) is 16.5. The minimum Gasteiger partial charge on any atom is -0.478 e. The maximum absolute atomic E-state index is 12.5. The molecule has 0 aliphatic carbocycles. The van der Waals surface area contributed by atoms with Crippen molar-refractivity contribution in [1.82, 2.24) is 4.98 Å². The zero-order chi connectivity index (χ0) is 18.3. The summed E-state index contributed by atoms with van der Waals surface area (Å²) in [6.45, 7) is 1.84. The molecule has 3 aromatic heterocycles. The van der Waals surface area contributed by atoms with Crippen molar-refractivity contribution < 1.29 is 19.1 Å². The average molecular weight is 384 g/mol. The van der Waals surface area contributed by atoms with Crippen LogP contribution in [-0.4, -0.2) is 22.0 Å². The van der Waals surface area contributed by atoms with E-state index in [4.69, 9.17) is 4.42 Å². The molecular formula is C18H12N2O4S2. The number of carboxylic acids is 1. The quantitative estimate of drug-likeness (QED) is 0.523. The minimum atomic E-state index is -1.12. The Bertz CT molecular complexity index is 1110. The number of nitrogens with zero attached hydrogens (tertiary/aromatic N) is 1. The second-order valence-electron chi connectivity index (χ2n) is 5.56. The molecule has 3 heterocycles. The summed E-state index contributed by atoms with van der Waals surface area (Å²) in [6.07, 6.45) is 0. The number of carboxylic acid groups (broad SMARTS) is 1. The molecule has 0 fully saturated rings. The molecule has 0 radical (unpaired) electrons. The summed E-state index contributed by atoms with van der Waals surface area (Å²) in [6, 6.07) is 8.90. The first-order chi connectivity index (χ1) is 12.5. The predicted octanol–water partition coefficient (Wildman–Crippen LogP) is 4.88. The van der Waals surface area contributed by atoms with Gasteiger partial charge in [-0.2, -0.15) is 0 Å². The van der Waals surface area contributed by atoms with Crippen LogP contribution in [0.2, 0.25) is 0 Å². The first-order valence-corrected chi connectivity index (χ1v) is 9.36. The number of benzene rings is 1. The van der Waals surface area contributed by atoms with Crippen molar-refractivity contribution in [3.05, 3.63) is 58.1 Å². The average Bonchev–Trinajstić information content (AvgIpc) is 3.31. The van der Waals surface area contributed by atoms with Crippen LogP contribution in [0.4, 0.5) is 5.00 Å². The third kappa shape index (κ3) is 2.89. The van der Waals surface area contributed by atoms with Gasteiger partial charge in [-0.3, -0.25) is 4.79 Å². The number of aromatic carboxylic acids is 1. The second kappa shape index (κ2) is 6.40. The molecule has 0 unspecified atom stereocenters. The van der Waals surface area contributed by atoms with Crippen LogP contribution in [0, 0.1) is 6.92 Å². The van der Waals surface area contributed by atoms with Crippen LogP contribution in [0.5, 0.6) is 0 Å². The maximum Gasteiger partial charge on any atom is 0.339 e. The van der Waals surface area contributed by atoms with Crippen molar-refractivity contribution in [2.45, 2.75) is 6.92 Å². The van der Waals surface area contributed by atoms with Crippen LogP contribution in [-0.2, 0) is 0 Å². The van der Waals surface area contributed by atoms with E-state index in [9.17, 15) is 14.7 Å². The SMILES string of the molecule is Cc1csc(-c2csc(NC(=O)c3cc4ccccc4o3)c2C(=O)O)n1. The Morgan fingerprint density at radius 3 is 2.69 bits per heavy atom. The van der Waals surface area contributed by atoms with Crippen molar-refractivity contribution in [2.75, 3.05) is 5.32 Å². The highest BCUT2D eigenvalue weighted by Gasteiger charge is 2.24. The van der Waals surface area contributed by atoms with Gasteiger partial charge in [0, 0.05) is 27.4 Å². The minimum absolute atomic E-state index is 0.0359. The number of aromatic nitrogens is 1. The highest BCUT2D eigenvalue weighted by Crippen LogP contribution is 2.37. The molecule has 4 aromatic rings. The fourth-order valence-corrected chi connectivity index (χ4v) is 4.38. The van der Waals surface area contributed by atoms with Gasteiger partial charge in [-0.15, -0.1) is 22.7 Å². The zero-order valence-electron chi connectivity index (χ0n) is 13.5. The molecule has 8 heteroatoms. The lowest BCUT2D eigenvalue weighted by Crippen LogP contribution is -2.12. The molecule has 0 atom stereocenters. The van der Waals surface area contributed by atoms with Crippen LogP contribution >= 0.6 is 22.7 Å². The van der Waals surface area contributed by atoms with E-state index in [1.807, 2.05) is 30.5 Å². The Morgan fingerprint density at radius 1 is 1.19 bits per heavy atom.